The summed E-state index contributed by atoms with van der Waals surface area (Å²) in [5.74, 6) is 2.39. The maximum absolute atomic E-state index is 2.74. The number of aryl methyl sites for hydroxylation is 1. The second-order valence-electron chi connectivity index (χ2n) is 10.0. The molecule has 1 unspecified atom stereocenters. The first-order chi connectivity index (χ1) is 16.2. The molecule has 0 aromatic heterocycles. The smallest absolute Gasteiger partial charge is 0.0233 e. The summed E-state index contributed by atoms with van der Waals surface area (Å²) in [5, 5.41) is 0. The van der Waals surface area contributed by atoms with Crippen molar-refractivity contribution in [1.29, 1.82) is 0 Å². The topological polar surface area (TPSA) is 6.48 Å². The van der Waals surface area contributed by atoms with Gasteiger partial charge in [-0.1, -0.05) is 97.9 Å². The van der Waals surface area contributed by atoms with Crippen molar-refractivity contribution >= 4 is 0 Å². The van der Waals surface area contributed by atoms with Gasteiger partial charge < -0.3 is 4.90 Å². The fraction of sp³-hybridized carbons (Fsp3) is 0.419. The van der Waals surface area contributed by atoms with Gasteiger partial charge in [-0.2, -0.15) is 0 Å². The van der Waals surface area contributed by atoms with Crippen LogP contribution in [0.3, 0.4) is 0 Å². The highest BCUT2D eigenvalue weighted by molar-refractivity contribution is 5.29. The van der Waals surface area contributed by atoms with Gasteiger partial charge in [0.1, 0.15) is 0 Å². The molecular formula is C31H40N2. The molecule has 2 fully saturated rings. The van der Waals surface area contributed by atoms with Crippen LogP contribution in [-0.4, -0.2) is 42.5 Å². The van der Waals surface area contributed by atoms with Crippen molar-refractivity contribution in [3.8, 4) is 0 Å². The zero-order chi connectivity index (χ0) is 22.9. The van der Waals surface area contributed by atoms with Crippen LogP contribution in [0.2, 0.25) is 0 Å². The van der Waals surface area contributed by atoms with Crippen molar-refractivity contribution in [3.05, 3.63) is 108 Å². The average Bonchev–Trinajstić information content (AvgIpc) is 3.20. The van der Waals surface area contributed by atoms with Crippen LogP contribution in [0.1, 0.15) is 42.4 Å². The summed E-state index contributed by atoms with van der Waals surface area (Å²) in [6.07, 6.45) is 2.64. The van der Waals surface area contributed by atoms with Gasteiger partial charge >= 0.3 is 0 Å². The Kier molecular flexibility index (Phi) is 8.74. The van der Waals surface area contributed by atoms with Gasteiger partial charge in [0, 0.05) is 26.2 Å². The van der Waals surface area contributed by atoms with Crippen LogP contribution < -0.4 is 0 Å². The Hall–Kier alpha value is -2.42. The summed E-state index contributed by atoms with van der Waals surface area (Å²) in [7, 11) is 0. The average molecular weight is 441 g/mol. The summed E-state index contributed by atoms with van der Waals surface area (Å²) >= 11 is 0. The van der Waals surface area contributed by atoms with Gasteiger partial charge in [0.15, 0.2) is 0 Å². The number of hydrogen-bond acceptors (Lipinski definition) is 2. The minimum atomic E-state index is 0.762. The summed E-state index contributed by atoms with van der Waals surface area (Å²) in [6.45, 7) is 12.2. The highest BCUT2D eigenvalue weighted by atomic mass is 15.2. The summed E-state index contributed by atoms with van der Waals surface area (Å²) in [5.41, 5.74) is 4.50. The van der Waals surface area contributed by atoms with E-state index in [9.17, 15) is 0 Å². The molecule has 33 heavy (non-hydrogen) atoms. The zero-order valence-electron chi connectivity index (χ0n) is 20.4. The fourth-order valence-corrected chi connectivity index (χ4v) is 5.54. The van der Waals surface area contributed by atoms with Gasteiger partial charge in [-0.05, 0) is 67.3 Å². The van der Waals surface area contributed by atoms with E-state index in [0.29, 0.717) is 0 Å². The monoisotopic (exact) mass is 440 g/mol. The molecule has 3 aromatic carbocycles. The van der Waals surface area contributed by atoms with Crippen molar-refractivity contribution in [2.24, 2.45) is 11.8 Å². The summed E-state index contributed by atoms with van der Waals surface area (Å²) in [6, 6.07) is 31.9. The largest absolute Gasteiger partial charge is 0.303 e. The molecule has 2 nitrogen and oxygen atoms in total. The molecule has 2 aliphatic heterocycles. The second-order valence-corrected chi connectivity index (χ2v) is 10.0. The van der Waals surface area contributed by atoms with E-state index in [1.807, 2.05) is 36.4 Å². The lowest BCUT2D eigenvalue weighted by atomic mass is 9.86. The SMILES string of the molecule is Cc1ccccc1C1CCN(C[C@H]2CN(Cc3ccccc3)CC2C)CC1.c1ccccc1. The Morgan fingerprint density at radius 2 is 1.27 bits per heavy atom. The van der Waals surface area contributed by atoms with Crippen molar-refractivity contribution in [1.82, 2.24) is 9.80 Å². The number of likely N-dealkylation sites (tertiary alicyclic amines) is 2. The molecule has 2 atom stereocenters. The maximum atomic E-state index is 2.74. The van der Waals surface area contributed by atoms with Crippen LogP contribution in [0.15, 0.2) is 91.0 Å². The zero-order valence-corrected chi connectivity index (χ0v) is 20.4. The molecule has 174 valence electrons. The third-order valence-electron chi connectivity index (χ3n) is 7.47. The lowest BCUT2D eigenvalue weighted by Gasteiger charge is -2.35. The van der Waals surface area contributed by atoms with Gasteiger partial charge in [0.05, 0.1) is 0 Å². The van der Waals surface area contributed by atoms with E-state index in [-0.39, 0.29) is 0 Å². The lowest BCUT2D eigenvalue weighted by Crippen LogP contribution is -2.38. The van der Waals surface area contributed by atoms with Gasteiger partial charge in [-0.3, -0.25) is 4.90 Å². The second kappa shape index (κ2) is 12.2. The highest BCUT2D eigenvalue weighted by Crippen LogP contribution is 2.32. The van der Waals surface area contributed by atoms with E-state index in [4.69, 9.17) is 0 Å². The predicted octanol–water partition coefficient (Wildman–Crippen LogP) is 6.63. The Balaban J connectivity index is 0.000000376. The molecule has 2 heteroatoms. The molecular weight excluding hydrogens is 400 g/mol. The molecule has 0 N–H and O–H groups in total. The number of benzene rings is 3. The molecule has 0 aliphatic carbocycles. The van der Waals surface area contributed by atoms with Crippen LogP contribution in [-0.2, 0) is 6.54 Å². The van der Waals surface area contributed by atoms with Gasteiger partial charge in [-0.25, -0.2) is 0 Å². The molecule has 5 rings (SSSR count). The van der Waals surface area contributed by atoms with Crippen molar-refractivity contribution in [2.45, 2.75) is 39.2 Å². The maximum Gasteiger partial charge on any atom is 0.0233 e. The van der Waals surface area contributed by atoms with Crippen LogP contribution in [0.5, 0.6) is 0 Å². The van der Waals surface area contributed by atoms with Crippen LogP contribution >= 0.6 is 0 Å². The fourth-order valence-electron chi connectivity index (χ4n) is 5.54. The third-order valence-corrected chi connectivity index (χ3v) is 7.47. The summed E-state index contributed by atoms with van der Waals surface area (Å²) in [4.78, 5) is 5.40. The van der Waals surface area contributed by atoms with E-state index in [1.54, 1.807) is 5.56 Å². The first-order valence-electron chi connectivity index (χ1n) is 12.7. The quantitative estimate of drug-likeness (QED) is 0.439. The first-order valence-corrected chi connectivity index (χ1v) is 12.7. The number of nitrogens with zero attached hydrogens (tertiary/aromatic N) is 2. The van der Waals surface area contributed by atoms with Gasteiger partial charge in [0.2, 0.25) is 0 Å². The van der Waals surface area contributed by atoms with E-state index < -0.39 is 0 Å². The molecule has 2 aliphatic rings. The third kappa shape index (κ3) is 7.03. The van der Waals surface area contributed by atoms with E-state index in [1.165, 1.54) is 56.7 Å². The molecule has 0 saturated carbocycles. The molecule has 0 radical (unpaired) electrons. The van der Waals surface area contributed by atoms with E-state index in [2.05, 4.69) is 78.2 Å². The van der Waals surface area contributed by atoms with Crippen LogP contribution in [0.25, 0.3) is 0 Å². The standard InChI is InChI=1S/C25H34N2.C6H6/c1-20-8-6-7-11-25(20)23-12-14-26(15-13-23)18-24-19-27(16-21(24)2)17-22-9-4-3-5-10-22;1-2-4-6-5-3-1/h3-11,21,23-24H,12-19H2,1-2H3;1-6H/t21?,24-;/m0./s1. The van der Waals surface area contributed by atoms with E-state index >= 15 is 0 Å². The number of rotatable bonds is 5. The Morgan fingerprint density at radius 3 is 1.91 bits per heavy atom. The molecule has 0 amide bonds. The summed E-state index contributed by atoms with van der Waals surface area (Å²) < 4.78 is 0. The van der Waals surface area contributed by atoms with Crippen molar-refractivity contribution < 1.29 is 0 Å². The Labute approximate surface area is 201 Å². The molecule has 3 aromatic rings. The van der Waals surface area contributed by atoms with Crippen molar-refractivity contribution in [3.63, 3.8) is 0 Å². The Bertz CT molecular complexity index is 905. The molecule has 0 spiro atoms. The number of hydrogen-bond donors (Lipinski definition) is 0. The van der Waals surface area contributed by atoms with E-state index in [0.717, 1.165) is 24.3 Å². The van der Waals surface area contributed by atoms with Gasteiger partial charge in [-0.15, -0.1) is 0 Å². The minimum Gasteiger partial charge on any atom is -0.303 e. The lowest BCUT2D eigenvalue weighted by molar-refractivity contribution is 0.171. The predicted molar refractivity (Wildman–Crippen MR) is 140 cm³/mol. The molecule has 2 saturated heterocycles. The van der Waals surface area contributed by atoms with Crippen LogP contribution in [0, 0.1) is 18.8 Å². The number of piperidine rings is 1. The normalized spacial score (nSPS) is 22.0. The molecule has 2 heterocycles. The Morgan fingerprint density at radius 1 is 0.697 bits per heavy atom. The molecule has 0 bridgehead atoms. The van der Waals surface area contributed by atoms with Crippen molar-refractivity contribution in [2.75, 3.05) is 32.7 Å². The van der Waals surface area contributed by atoms with Crippen LogP contribution in [0.4, 0.5) is 0 Å². The first kappa shape index (κ1) is 23.7. The van der Waals surface area contributed by atoms with Gasteiger partial charge in [0.25, 0.3) is 0 Å². The highest BCUT2D eigenvalue weighted by Gasteiger charge is 2.32. The minimum absolute atomic E-state index is 0.762.